The van der Waals surface area contributed by atoms with E-state index >= 15 is 0 Å². The Kier molecular flexibility index (Phi) is 7.93. The average molecular weight is 426 g/mol. The highest BCUT2D eigenvalue weighted by Gasteiger charge is 2.41. The van der Waals surface area contributed by atoms with Gasteiger partial charge in [-0.2, -0.15) is 0 Å². The molecule has 5 atom stereocenters. The minimum Gasteiger partial charge on any atom is -0.462 e. The number of carbonyl (C=O) groups is 2. The number of aromatic amines is 1. The first-order valence-electron chi connectivity index (χ1n) is 9.86. The number of nitrogens with two attached hydrogens (primary N) is 2. The maximum absolute atomic E-state index is 12.3. The predicted molar refractivity (Wildman–Crippen MR) is 106 cm³/mol. The van der Waals surface area contributed by atoms with Gasteiger partial charge in [0.1, 0.15) is 37.1 Å². The van der Waals surface area contributed by atoms with Crippen LogP contribution in [0.5, 0.6) is 0 Å². The highest BCUT2D eigenvalue weighted by Crippen LogP contribution is 2.30. The highest BCUT2D eigenvalue weighted by molar-refractivity contribution is 5.76. The maximum Gasteiger partial charge on any atom is 0.330 e. The predicted octanol–water partition coefficient (Wildman–Crippen LogP) is -0.754. The van der Waals surface area contributed by atoms with E-state index < -0.39 is 53.7 Å². The fourth-order valence-corrected chi connectivity index (χ4v) is 2.83. The molecule has 1 aliphatic rings. The summed E-state index contributed by atoms with van der Waals surface area (Å²) in [7, 11) is 0. The summed E-state index contributed by atoms with van der Waals surface area (Å²) in [5.74, 6) is -1.49. The zero-order valence-corrected chi connectivity index (χ0v) is 17.6. The third kappa shape index (κ3) is 5.77. The summed E-state index contributed by atoms with van der Waals surface area (Å²) >= 11 is 0. The van der Waals surface area contributed by atoms with Gasteiger partial charge in [0, 0.05) is 18.7 Å². The molecule has 1 fully saturated rings. The fraction of sp³-hybridized carbons (Fsp3) is 0.684. The van der Waals surface area contributed by atoms with Gasteiger partial charge in [-0.25, -0.2) is 4.79 Å². The molecule has 1 unspecified atom stereocenters. The van der Waals surface area contributed by atoms with E-state index in [1.807, 2.05) is 0 Å². The first kappa shape index (κ1) is 23.8. The molecule has 0 aromatic carbocycles. The number of aromatic nitrogens is 2. The van der Waals surface area contributed by atoms with Gasteiger partial charge >= 0.3 is 17.6 Å². The van der Waals surface area contributed by atoms with Gasteiger partial charge < -0.3 is 25.7 Å². The fourth-order valence-electron chi connectivity index (χ4n) is 2.83. The third-order valence-corrected chi connectivity index (χ3v) is 4.98. The van der Waals surface area contributed by atoms with E-state index in [2.05, 4.69) is 4.98 Å². The highest BCUT2D eigenvalue weighted by atomic mass is 16.6. The number of nitrogens with one attached hydrogen (secondary N) is 1. The summed E-state index contributed by atoms with van der Waals surface area (Å²) in [5, 5.41) is 0. The zero-order chi connectivity index (χ0) is 22.6. The first-order chi connectivity index (χ1) is 14.0. The van der Waals surface area contributed by atoms with Crippen molar-refractivity contribution in [3.63, 3.8) is 0 Å². The van der Waals surface area contributed by atoms with E-state index in [9.17, 15) is 19.2 Å². The zero-order valence-electron chi connectivity index (χ0n) is 17.6. The smallest absolute Gasteiger partial charge is 0.330 e. The lowest BCUT2D eigenvalue weighted by molar-refractivity contribution is -0.161. The molecule has 1 aliphatic heterocycles. The van der Waals surface area contributed by atoms with E-state index in [1.54, 1.807) is 27.7 Å². The van der Waals surface area contributed by atoms with Crippen LogP contribution in [0.2, 0.25) is 0 Å². The van der Waals surface area contributed by atoms with Crippen molar-refractivity contribution in [1.29, 1.82) is 0 Å². The normalized spacial score (nSPS) is 23.4. The maximum atomic E-state index is 12.3. The lowest BCUT2D eigenvalue weighted by Gasteiger charge is -2.22. The van der Waals surface area contributed by atoms with Gasteiger partial charge in [-0.15, -0.1) is 0 Å². The van der Waals surface area contributed by atoms with Crippen LogP contribution in [0.15, 0.2) is 21.9 Å². The van der Waals surface area contributed by atoms with Crippen LogP contribution >= 0.6 is 0 Å². The first-order valence-corrected chi connectivity index (χ1v) is 9.86. The van der Waals surface area contributed by atoms with Crippen LogP contribution in [0, 0.1) is 11.8 Å². The van der Waals surface area contributed by atoms with Crippen molar-refractivity contribution in [2.75, 3.05) is 6.61 Å². The second-order valence-corrected chi connectivity index (χ2v) is 8.03. The number of nitrogens with zero attached hydrogens (tertiary/aromatic N) is 1. The molecule has 1 saturated heterocycles. The van der Waals surface area contributed by atoms with E-state index in [1.165, 1.54) is 16.8 Å². The topological polar surface area (TPSA) is 169 Å². The Morgan fingerprint density at radius 3 is 2.33 bits per heavy atom. The number of hydrogen-bond donors (Lipinski definition) is 3. The summed E-state index contributed by atoms with van der Waals surface area (Å²) < 4.78 is 17.7. The number of ether oxygens (including phenoxy) is 3. The molecule has 5 N–H and O–H groups in total. The molecule has 30 heavy (non-hydrogen) atoms. The van der Waals surface area contributed by atoms with E-state index in [-0.39, 0.29) is 24.9 Å². The Bertz CT molecular complexity index is 863. The quantitative estimate of drug-likeness (QED) is 0.453. The molecule has 0 amide bonds. The van der Waals surface area contributed by atoms with Crippen LogP contribution in [0.25, 0.3) is 0 Å². The standard InChI is InChI=1S/C19H30N4O7/c1-9(2)15(20)17(25)28-8-12-11(30-18(26)16(21)10(3)4)7-14(29-12)23-6-5-13(24)22-19(23)27/h5-6,9-12,14-16H,7-8,20-21H2,1-4H3,(H,22,24,27)/t11?,12-,14-,15-,16-/m0/s1. The molecule has 168 valence electrons. The molecule has 0 saturated carbocycles. The van der Waals surface area contributed by atoms with Gasteiger partial charge in [-0.3, -0.25) is 23.9 Å². The molecular weight excluding hydrogens is 396 g/mol. The van der Waals surface area contributed by atoms with Crippen LogP contribution in [0.4, 0.5) is 0 Å². The van der Waals surface area contributed by atoms with Crippen molar-refractivity contribution in [3.8, 4) is 0 Å². The molecule has 0 aliphatic carbocycles. The molecule has 2 rings (SSSR count). The summed E-state index contributed by atoms with van der Waals surface area (Å²) in [6.07, 6.45) is -1.08. The van der Waals surface area contributed by atoms with Gasteiger partial charge in [0.25, 0.3) is 5.56 Å². The van der Waals surface area contributed by atoms with Gasteiger partial charge in [0.2, 0.25) is 0 Å². The van der Waals surface area contributed by atoms with Gasteiger partial charge in [-0.05, 0) is 11.8 Å². The molecule has 11 nitrogen and oxygen atoms in total. The summed E-state index contributed by atoms with van der Waals surface area (Å²) in [4.78, 5) is 49.9. The Labute approximate surface area is 173 Å². The van der Waals surface area contributed by atoms with Crippen LogP contribution in [-0.4, -0.2) is 52.4 Å². The summed E-state index contributed by atoms with van der Waals surface area (Å²) in [6.45, 7) is 6.92. The minimum atomic E-state index is -0.836. The van der Waals surface area contributed by atoms with Crippen LogP contribution in [0.3, 0.4) is 0 Å². The molecule has 1 aromatic heterocycles. The molecule has 2 heterocycles. The molecule has 0 radical (unpaired) electrons. The summed E-state index contributed by atoms with van der Waals surface area (Å²) in [6, 6.07) is -0.466. The number of hydrogen-bond acceptors (Lipinski definition) is 9. The number of esters is 2. The number of rotatable bonds is 8. The Morgan fingerprint density at radius 1 is 1.17 bits per heavy atom. The monoisotopic (exact) mass is 426 g/mol. The van der Waals surface area contributed by atoms with Crippen LogP contribution in [-0.2, 0) is 23.8 Å². The molecule has 1 aromatic rings. The third-order valence-electron chi connectivity index (χ3n) is 4.98. The van der Waals surface area contributed by atoms with Gasteiger partial charge in [-0.1, -0.05) is 27.7 Å². The van der Waals surface area contributed by atoms with Crippen LogP contribution < -0.4 is 22.7 Å². The lowest BCUT2D eigenvalue weighted by atomic mass is 10.1. The Hall–Kier alpha value is -2.50. The van der Waals surface area contributed by atoms with Crippen molar-refractivity contribution in [1.82, 2.24) is 9.55 Å². The van der Waals surface area contributed by atoms with Gasteiger partial charge in [0.05, 0.1) is 0 Å². The SMILES string of the molecule is CC(C)[C@H](N)C(=O)OC[C@@H]1O[C@H](n2ccc(=O)[nH]c2=O)CC1OC(=O)[C@@H](N)C(C)C. The summed E-state index contributed by atoms with van der Waals surface area (Å²) in [5.41, 5.74) is 10.4. The number of carbonyl (C=O) groups excluding carboxylic acids is 2. The Balaban J connectivity index is 2.17. The average Bonchev–Trinajstić information content (AvgIpc) is 3.06. The van der Waals surface area contributed by atoms with Crippen molar-refractivity contribution < 1.29 is 23.8 Å². The van der Waals surface area contributed by atoms with Gasteiger partial charge in [0.15, 0.2) is 0 Å². The van der Waals surface area contributed by atoms with Crippen molar-refractivity contribution in [2.24, 2.45) is 23.3 Å². The molecule has 11 heteroatoms. The second-order valence-electron chi connectivity index (χ2n) is 8.03. The van der Waals surface area contributed by atoms with Crippen LogP contribution in [0.1, 0.15) is 40.3 Å². The largest absolute Gasteiger partial charge is 0.462 e. The molecular formula is C19H30N4O7. The van der Waals surface area contributed by atoms with Crippen molar-refractivity contribution in [2.45, 2.75) is 64.6 Å². The minimum absolute atomic E-state index is 0.112. The molecule has 0 bridgehead atoms. The van der Waals surface area contributed by atoms with Crippen molar-refractivity contribution in [3.05, 3.63) is 33.1 Å². The lowest BCUT2D eigenvalue weighted by Crippen LogP contribution is -2.42. The van der Waals surface area contributed by atoms with E-state index in [0.29, 0.717) is 0 Å². The van der Waals surface area contributed by atoms with E-state index in [4.69, 9.17) is 25.7 Å². The Morgan fingerprint density at radius 2 is 1.77 bits per heavy atom. The molecule has 0 spiro atoms. The second kappa shape index (κ2) is 10.0. The number of H-pyrrole nitrogens is 1. The van der Waals surface area contributed by atoms with E-state index in [0.717, 1.165) is 0 Å². The van der Waals surface area contributed by atoms with Crippen molar-refractivity contribution >= 4 is 11.9 Å².